The number of methoxy groups -OCH3 is 1. The second kappa shape index (κ2) is 10.4. The third-order valence-electron chi connectivity index (χ3n) is 3.29. The quantitative estimate of drug-likeness (QED) is 0.648. The lowest BCUT2D eigenvalue weighted by atomic mass is 10.3. The minimum Gasteiger partial charge on any atom is -0.493 e. The van der Waals surface area contributed by atoms with Crippen molar-refractivity contribution >= 4 is 24.0 Å². The van der Waals surface area contributed by atoms with E-state index in [2.05, 4.69) is 10.6 Å². The van der Waals surface area contributed by atoms with Crippen LogP contribution in [0.1, 0.15) is 19.3 Å². The van der Waals surface area contributed by atoms with Crippen molar-refractivity contribution in [1.82, 2.24) is 5.32 Å². The van der Waals surface area contributed by atoms with E-state index < -0.39 is 0 Å². The standard InChI is InChI=1S/C16H24N2O3.ClH/c1-20-8-3-9-21-15-5-2-4-14(10-15)18-16(19)12-17-11-13-6-7-13;/h2,4-5,10,13,17H,3,6-9,11-12H2,1H3,(H,18,19);1H. The van der Waals surface area contributed by atoms with Crippen LogP contribution in [-0.2, 0) is 9.53 Å². The lowest BCUT2D eigenvalue weighted by Gasteiger charge is -2.09. The van der Waals surface area contributed by atoms with Gasteiger partial charge in [-0.05, 0) is 37.4 Å². The maximum Gasteiger partial charge on any atom is 0.238 e. The average Bonchev–Trinajstić information content (AvgIpc) is 3.28. The minimum absolute atomic E-state index is 0. The van der Waals surface area contributed by atoms with Crippen LogP contribution in [0.3, 0.4) is 0 Å². The van der Waals surface area contributed by atoms with Crippen molar-refractivity contribution < 1.29 is 14.3 Å². The highest BCUT2D eigenvalue weighted by Gasteiger charge is 2.20. The van der Waals surface area contributed by atoms with Crippen LogP contribution in [0.5, 0.6) is 5.75 Å². The van der Waals surface area contributed by atoms with Gasteiger partial charge >= 0.3 is 0 Å². The molecule has 5 nitrogen and oxygen atoms in total. The van der Waals surface area contributed by atoms with Gasteiger partial charge in [0.05, 0.1) is 13.2 Å². The molecule has 2 N–H and O–H groups in total. The molecule has 1 fully saturated rings. The smallest absolute Gasteiger partial charge is 0.238 e. The number of nitrogens with one attached hydrogen (secondary N) is 2. The van der Waals surface area contributed by atoms with E-state index in [-0.39, 0.29) is 18.3 Å². The molecule has 0 saturated heterocycles. The average molecular weight is 329 g/mol. The first-order valence-corrected chi connectivity index (χ1v) is 7.50. The lowest BCUT2D eigenvalue weighted by Crippen LogP contribution is -2.29. The normalized spacial score (nSPS) is 13.3. The molecule has 2 rings (SSSR count). The van der Waals surface area contributed by atoms with Crippen LogP contribution in [-0.4, -0.2) is 39.3 Å². The molecule has 1 aromatic carbocycles. The fourth-order valence-corrected chi connectivity index (χ4v) is 1.97. The van der Waals surface area contributed by atoms with Crippen LogP contribution >= 0.6 is 12.4 Å². The zero-order chi connectivity index (χ0) is 14.9. The molecule has 1 aliphatic rings. The van der Waals surface area contributed by atoms with Gasteiger partial charge in [0.25, 0.3) is 0 Å². The second-order valence-corrected chi connectivity index (χ2v) is 5.35. The topological polar surface area (TPSA) is 59.6 Å². The minimum atomic E-state index is -0.0211. The molecule has 0 heterocycles. The highest BCUT2D eigenvalue weighted by atomic mass is 35.5. The molecule has 22 heavy (non-hydrogen) atoms. The van der Waals surface area contributed by atoms with Gasteiger partial charge in [0.1, 0.15) is 5.75 Å². The Kier molecular flexibility index (Phi) is 8.89. The molecule has 0 bridgehead atoms. The van der Waals surface area contributed by atoms with Gasteiger partial charge in [-0.2, -0.15) is 0 Å². The first-order chi connectivity index (χ1) is 10.3. The van der Waals surface area contributed by atoms with Gasteiger partial charge in [0.15, 0.2) is 0 Å². The molecule has 0 aromatic heterocycles. The van der Waals surface area contributed by atoms with E-state index in [9.17, 15) is 4.79 Å². The Morgan fingerprint density at radius 2 is 2.14 bits per heavy atom. The Bertz CT molecular complexity index is 453. The van der Waals surface area contributed by atoms with Crippen LogP contribution < -0.4 is 15.4 Å². The molecule has 1 saturated carbocycles. The van der Waals surface area contributed by atoms with Crippen molar-refractivity contribution in [3.05, 3.63) is 24.3 Å². The molecule has 0 atom stereocenters. The second-order valence-electron chi connectivity index (χ2n) is 5.35. The summed E-state index contributed by atoms with van der Waals surface area (Å²) >= 11 is 0. The van der Waals surface area contributed by atoms with Gasteiger partial charge in [-0.25, -0.2) is 0 Å². The number of carbonyl (C=O) groups excluding carboxylic acids is 1. The van der Waals surface area contributed by atoms with Crippen LogP contribution in [0.4, 0.5) is 5.69 Å². The van der Waals surface area contributed by atoms with E-state index in [1.807, 2.05) is 24.3 Å². The molecular formula is C16H25ClN2O3. The van der Waals surface area contributed by atoms with Gasteiger partial charge in [-0.1, -0.05) is 6.07 Å². The largest absolute Gasteiger partial charge is 0.493 e. The Labute approximate surface area is 138 Å². The van der Waals surface area contributed by atoms with Crippen molar-refractivity contribution in [1.29, 1.82) is 0 Å². The van der Waals surface area contributed by atoms with Gasteiger partial charge in [0, 0.05) is 31.9 Å². The summed E-state index contributed by atoms with van der Waals surface area (Å²) in [6.07, 6.45) is 3.42. The number of benzene rings is 1. The van der Waals surface area contributed by atoms with E-state index in [1.54, 1.807) is 7.11 Å². The summed E-state index contributed by atoms with van der Waals surface area (Å²) in [6.45, 7) is 2.59. The van der Waals surface area contributed by atoms with Crippen LogP contribution in [0, 0.1) is 5.92 Å². The molecule has 0 radical (unpaired) electrons. The summed E-state index contributed by atoms with van der Waals surface area (Å²) in [5.74, 6) is 1.52. The Balaban J connectivity index is 0.00000242. The molecule has 1 aromatic rings. The monoisotopic (exact) mass is 328 g/mol. The number of rotatable bonds is 10. The molecule has 1 amide bonds. The van der Waals surface area contributed by atoms with Gasteiger partial charge < -0.3 is 20.1 Å². The molecule has 6 heteroatoms. The first-order valence-electron chi connectivity index (χ1n) is 7.50. The summed E-state index contributed by atoms with van der Waals surface area (Å²) in [7, 11) is 1.67. The zero-order valence-corrected chi connectivity index (χ0v) is 13.8. The zero-order valence-electron chi connectivity index (χ0n) is 13.0. The number of halogens is 1. The lowest BCUT2D eigenvalue weighted by molar-refractivity contribution is -0.115. The molecule has 0 aliphatic heterocycles. The molecule has 1 aliphatic carbocycles. The molecule has 0 unspecified atom stereocenters. The van der Waals surface area contributed by atoms with Gasteiger partial charge in [0.2, 0.25) is 5.91 Å². The van der Waals surface area contributed by atoms with Crippen LogP contribution in [0.2, 0.25) is 0 Å². The maximum atomic E-state index is 11.8. The van der Waals surface area contributed by atoms with Crippen molar-refractivity contribution in [2.45, 2.75) is 19.3 Å². The van der Waals surface area contributed by atoms with E-state index in [0.717, 1.165) is 30.3 Å². The van der Waals surface area contributed by atoms with Crippen molar-refractivity contribution in [3.8, 4) is 5.75 Å². The fourth-order valence-electron chi connectivity index (χ4n) is 1.97. The fraction of sp³-hybridized carbons (Fsp3) is 0.562. The Morgan fingerprint density at radius 3 is 2.86 bits per heavy atom. The predicted octanol–water partition coefficient (Wildman–Crippen LogP) is 2.46. The SMILES string of the molecule is COCCCOc1cccc(NC(=O)CNCC2CC2)c1.Cl. The van der Waals surface area contributed by atoms with E-state index in [1.165, 1.54) is 12.8 Å². The molecular weight excluding hydrogens is 304 g/mol. The van der Waals surface area contributed by atoms with E-state index in [0.29, 0.717) is 19.8 Å². The van der Waals surface area contributed by atoms with Gasteiger partial charge in [-0.15, -0.1) is 12.4 Å². The van der Waals surface area contributed by atoms with Gasteiger partial charge in [-0.3, -0.25) is 4.79 Å². The van der Waals surface area contributed by atoms with Crippen LogP contribution in [0.15, 0.2) is 24.3 Å². The number of amides is 1. The predicted molar refractivity (Wildman–Crippen MR) is 89.9 cm³/mol. The third kappa shape index (κ3) is 7.64. The number of hydrogen-bond acceptors (Lipinski definition) is 4. The Hall–Kier alpha value is -1.30. The third-order valence-corrected chi connectivity index (χ3v) is 3.29. The van der Waals surface area contributed by atoms with Crippen molar-refractivity contribution in [2.24, 2.45) is 5.92 Å². The summed E-state index contributed by atoms with van der Waals surface area (Å²) in [4.78, 5) is 11.8. The number of hydrogen-bond donors (Lipinski definition) is 2. The summed E-state index contributed by atoms with van der Waals surface area (Å²) in [6, 6.07) is 7.46. The molecule has 0 spiro atoms. The number of anilines is 1. The van der Waals surface area contributed by atoms with Crippen LogP contribution in [0.25, 0.3) is 0 Å². The number of ether oxygens (including phenoxy) is 2. The summed E-state index contributed by atoms with van der Waals surface area (Å²) in [5.41, 5.74) is 0.762. The highest BCUT2D eigenvalue weighted by Crippen LogP contribution is 2.27. The summed E-state index contributed by atoms with van der Waals surface area (Å²) in [5, 5.41) is 6.05. The Morgan fingerprint density at radius 1 is 1.32 bits per heavy atom. The van der Waals surface area contributed by atoms with Crippen molar-refractivity contribution in [2.75, 3.05) is 38.7 Å². The first kappa shape index (κ1) is 18.7. The number of carbonyl (C=O) groups is 1. The maximum absolute atomic E-state index is 11.8. The van der Waals surface area contributed by atoms with Crippen molar-refractivity contribution in [3.63, 3.8) is 0 Å². The van der Waals surface area contributed by atoms with E-state index >= 15 is 0 Å². The molecule has 124 valence electrons. The highest BCUT2D eigenvalue weighted by molar-refractivity contribution is 5.92. The van der Waals surface area contributed by atoms with E-state index in [4.69, 9.17) is 9.47 Å². The summed E-state index contributed by atoms with van der Waals surface area (Å²) < 4.78 is 10.6.